The second-order valence-electron chi connectivity index (χ2n) is 7.79. The van der Waals surface area contributed by atoms with Gasteiger partial charge in [0.05, 0.1) is 8.48 Å². The number of aryl methyl sites for hydroxylation is 1. The minimum Gasteiger partial charge on any atom is -0.488 e. The van der Waals surface area contributed by atoms with Crippen LogP contribution in [0.2, 0.25) is 0 Å². The standard InChI is InChI=1S/C26H20FIN2O4S/c1-16-2-4-17(5-3-16)15-34-22-11-6-18(12-21(22)28)13-23-25(32)30(26(33)35-23)14-24(31)29-20-9-7-19(27)8-10-20/h2-13H,14-15H2,1H3,(H,29,31)/b23-13-. The van der Waals surface area contributed by atoms with Gasteiger partial charge in [0.2, 0.25) is 5.91 Å². The van der Waals surface area contributed by atoms with Gasteiger partial charge in [-0.05, 0) is 94.9 Å². The van der Waals surface area contributed by atoms with Gasteiger partial charge < -0.3 is 10.1 Å². The van der Waals surface area contributed by atoms with Crippen LogP contribution in [0.5, 0.6) is 5.75 Å². The van der Waals surface area contributed by atoms with E-state index in [-0.39, 0.29) is 4.91 Å². The normalized spacial score (nSPS) is 14.5. The fourth-order valence-corrected chi connectivity index (χ4v) is 4.77. The number of halogens is 2. The molecule has 4 rings (SSSR count). The number of ether oxygens (including phenoxy) is 1. The Hall–Kier alpha value is -3.18. The lowest BCUT2D eigenvalue weighted by atomic mass is 10.1. The molecule has 0 aliphatic carbocycles. The Balaban J connectivity index is 1.39. The Kier molecular flexibility index (Phi) is 7.86. The minimum absolute atomic E-state index is 0.230. The first-order valence-electron chi connectivity index (χ1n) is 10.6. The largest absolute Gasteiger partial charge is 0.488 e. The molecule has 1 aliphatic rings. The number of carbonyl (C=O) groups excluding carboxylic acids is 3. The van der Waals surface area contributed by atoms with E-state index < -0.39 is 29.4 Å². The summed E-state index contributed by atoms with van der Waals surface area (Å²) in [5.41, 5.74) is 3.36. The van der Waals surface area contributed by atoms with Crippen molar-refractivity contribution in [2.24, 2.45) is 0 Å². The van der Waals surface area contributed by atoms with Crippen molar-refractivity contribution in [2.75, 3.05) is 11.9 Å². The summed E-state index contributed by atoms with van der Waals surface area (Å²) >= 11 is 2.94. The molecule has 178 valence electrons. The van der Waals surface area contributed by atoms with Crippen LogP contribution in [0.1, 0.15) is 16.7 Å². The van der Waals surface area contributed by atoms with Crippen LogP contribution in [0.15, 0.2) is 71.6 Å². The summed E-state index contributed by atoms with van der Waals surface area (Å²) in [6.45, 7) is 2.04. The van der Waals surface area contributed by atoms with Gasteiger partial charge in [-0.25, -0.2) is 4.39 Å². The Labute approximate surface area is 219 Å². The van der Waals surface area contributed by atoms with Gasteiger partial charge in [-0.2, -0.15) is 0 Å². The van der Waals surface area contributed by atoms with Gasteiger partial charge in [-0.3, -0.25) is 19.3 Å². The van der Waals surface area contributed by atoms with Crippen molar-refractivity contribution < 1.29 is 23.5 Å². The van der Waals surface area contributed by atoms with Crippen LogP contribution in [-0.4, -0.2) is 28.5 Å². The van der Waals surface area contributed by atoms with Gasteiger partial charge >= 0.3 is 0 Å². The van der Waals surface area contributed by atoms with Crippen molar-refractivity contribution in [2.45, 2.75) is 13.5 Å². The number of hydrogen-bond donors (Lipinski definition) is 1. The molecule has 0 atom stereocenters. The minimum atomic E-state index is -0.551. The summed E-state index contributed by atoms with van der Waals surface area (Å²) in [6, 6.07) is 18.8. The van der Waals surface area contributed by atoms with E-state index in [2.05, 4.69) is 27.9 Å². The van der Waals surface area contributed by atoms with Gasteiger partial charge in [0, 0.05) is 5.69 Å². The van der Waals surface area contributed by atoms with E-state index in [0.717, 1.165) is 31.4 Å². The Morgan fingerprint density at radius 1 is 1.09 bits per heavy atom. The van der Waals surface area contributed by atoms with Crippen molar-refractivity contribution in [3.8, 4) is 5.75 Å². The van der Waals surface area contributed by atoms with Gasteiger partial charge in [0.25, 0.3) is 11.1 Å². The lowest BCUT2D eigenvalue weighted by Gasteiger charge is -2.12. The number of benzene rings is 3. The summed E-state index contributed by atoms with van der Waals surface area (Å²) in [5, 5.41) is 2.02. The van der Waals surface area contributed by atoms with Crippen LogP contribution in [-0.2, 0) is 16.2 Å². The molecule has 1 heterocycles. The molecule has 0 bridgehead atoms. The van der Waals surface area contributed by atoms with E-state index in [0.29, 0.717) is 18.0 Å². The molecule has 1 aliphatic heterocycles. The molecule has 1 saturated heterocycles. The number of imide groups is 1. The zero-order valence-corrected chi connectivity index (χ0v) is 21.6. The summed E-state index contributed by atoms with van der Waals surface area (Å²) in [5.74, 6) is -0.803. The average molecular weight is 602 g/mol. The van der Waals surface area contributed by atoms with E-state index in [9.17, 15) is 18.8 Å². The summed E-state index contributed by atoms with van der Waals surface area (Å²) < 4.78 is 19.8. The fourth-order valence-electron chi connectivity index (χ4n) is 3.23. The quantitative estimate of drug-likeness (QED) is 0.266. The zero-order valence-electron chi connectivity index (χ0n) is 18.6. The fraction of sp³-hybridized carbons (Fsp3) is 0.115. The molecule has 1 fully saturated rings. The summed E-state index contributed by atoms with van der Waals surface area (Å²) in [6.07, 6.45) is 1.62. The van der Waals surface area contributed by atoms with Crippen molar-refractivity contribution in [1.82, 2.24) is 4.90 Å². The van der Waals surface area contributed by atoms with E-state index >= 15 is 0 Å². The first-order valence-corrected chi connectivity index (χ1v) is 12.5. The molecule has 0 radical (unpaired) electrons. The van der Waals surface area contributed by atoms with E-state index in [1.54, 1.807) is 6.08 Å². The molecule has 3 aromatic rings. The number of thioether (sulfide) groups is 1. The Morgan fingerprint density at radius 2 is 1.80 bits per heavy atom. The highest BCUT2D eigenvalue weighted by molar-refractivity contribution is 14.1. The second kappa shape index (κ2) is 11.0. The van der Waals surface area contributed by atoms with Crippen LogP contribution in [0.25, 0.3) is 6.08 Å². The number of hydrogen-bond acceptors (Lipinski definition) is 5. The molecular formula is C26H20FIN2O4S. The second-order valence-corrected chi connectivity index (χ2v) is 9.94. The molecular weight excluding hydrogens is 582 g/mol. The van der Waals surface area contributed by atoms with Crippen LogP contribution in [0.4, 0.5) is 14.9 Å². The van der Waals surface area contributed by atoms with E-state index in [4.69, 9.17) is 4.74 Å². The number of amides is 3. The van der Waals surface area contributed by atoms with Gasteiger partial charge in [-0.1, -0.05) is 35.9 Å². The summed E-state index contributed by atoms with van der Waals surface area (Å²) in [4.78, 5) is 38.5. The molecule has 1 N–H and O–H groups in total. The number of nitrogens with zero attached hydrogens (tertiary/aromatic N) is 1. The highest BCUT2D eigenvalue weighted by atomic mass is 127. The topological polar surface area (TPSA) is 75.7 Å². The van der Waals surface area contributed by atoms with Crippen LogP contribution < -0.4 is 10.1 Å². The maximum Gasteiger partial charge on any atom is 0.294 e. The van der Waals surface area contributed by atoms with Crippen LogP contribution in [0.3, 0.4) is 0 Å². The van der Waals surface area contributed by atoms with Crippen molar-refractivity contribution in [1.29, 1.82) is 0 Å². The smallest absolute Gasteiger partial charge is 0.294 e. The van der Waals surface area contributed by atoms with Crippen molar-refractivity contribution >= 4 is 63.2 Å². The monoisotopic (exact) mass is 602 g/mol. The van der Waals surface area contributed by atoms with Gasteiger partial charge in [-0.15, -0.1) is 0 Å². The molecule has 0 unspecified atom stereocenters. The van der Waals surface area contributed by atoms with Crippen molar-refractivity contribution in [3.05, 3.63) is 97.7 Å². The third kappa shape index (κ3) is 6.49. The van der Waals surface area contributed by atoms with Gasteiger partial charge in [0.1, 0.15) is 24.7 Å². The maximum absolute atomic E-state index is 13.0. The zero-order chi connectivity index (χ0) is 24.9. The van der Waals surface area contributed by atoms with Gasteiger partial charge in [0.15, 0.2) is 0 Å². The number of rotatable bonds is 7. The number of nitrogens with one attached hydrogen (secondary N) is 1. The predicted octanol–water partition coefficient (Wildman–Crippen LogP) is 5.99. The van der Waals surface area contributed by atoms with E-state index in [1.165, 1.54) is 29.8 Å². The van der Waals surface area contributed by atoms with Crippen LogP contribution in [0, 0.1) is 16.3 Å². The highest BCUT2D eigenvalue weighted by Gasteiger charge is 2.36. The molecule has 3 amide bonds. The van der Waals surface area contributed by atoms with Crippen LogP contribution >= 0.6 is 34.4 Å². The average Bonchev–Trinajstić information content (AvgIpc) is 3.08. The molecule has 6 nitrogen and oxygen atoms in total. The third-order valence-electron chi connectivity index (χ3n) is 5.07. The molecule has 9 heteroatoms. The molecule has 35 heavy (non-hydrogen) atoms. The van der Waals surface area contributed by atoms with E-state index in [1.807, 2.05) is 49.4 Å². The lowest BCUT2D eigenvalue weighted by Crippen LogP contribution is -2.36. The molecule has 3 aromatic carbocycles. The first kappa shape index (κ1) is 24.9. The lowest BCUT2D eigenvalue weighted by molar-refractivity contribution is -0.127. The molecule has 0 saturated carbocycles. The molecule has 0 spiro atoms. The first-order chi connectivity index (χ1) is 16.8. The maximum atomic E-state index is 13.0. The Bertz CT molecular complexity index is 1310. The number of carbonyl (C=O) groups is 3. The molecule has 0 aromatic heterocycles. The predicted molar refractivity (Wildman–Crippen MR) is 142 cm³/mol. The third-order valence-corrected chi connectivity index (χ3v) is 6.82. The Morgan fingerprint density at radius 3 is 2.49 bits per heavy atom. The summed E-state index contributed by atoms with van der Waals surface area (Å²) in [7, 11) is 0. The SMILES string of the molecule is Cc1ccc(COc2ccc(/C=C3\SC(=O)N(CC(=O)Nc4ccc(F)cc4)C3=O)cc2I)cc1. The van der Waals surface area contributed by atoms with Crippen molar-refractivity contribution in [3.63, 3.8) is 0 Å². The number of anilines is 1. The highest BCUT2D eigenvalue weighted by Crippen LogP contribution is 2.33.